The van der Waals surface area contributed by atoms with E-state index in [9.17, 15) is 0 Å². The van der Waals surface area contributed by atoms with Gasteiger partial charge in [-0.2, -0.15) is 4.98 Å². The maximum Gasteiger partial charge on any atom is 0.276 e. The molecule has 3 N–H and O–H groups in total. The molecule has 0 aliphatic carbocycles. The molecule has 0 saturated heterocycles. The highest BCUT2D eigenvalue weighted by atomic mass is 35.5. The zero-order valence-electron chi connectivity index (χ0n) is 14.6. The van der Waals surface area contributed by atoms with E-state index in [0.717, 1.165) is 5.56 Å². The van der Waals surface area contributed by atoms with E-state index in [0.29, 0.717) is 46.4 Å². The first-order chi connectivity index (χ1) is 13.0. The van der Waals surface area contributed by atoms with Crippen LogP contribution in [0.3, 0.4) is 0 Å². The van der Waals surface area contributed by atoms with Crippen molar-refractivity contribution in [1.29, 1.82) is 0 Å². The van der Waals surface area contributed by atoms with Crippen molar-refractivity contribution >= 4 is 29.2 Å². The quantitative estimate of drug-likeness (QED) is 0.480. The average Bonchev–Trinajstić information content (AvgIpc) is 3.11. The normalized spacial score (nSPS) is 12.8. The van der Waals surface area contributed by atoms with Crippen LogP contribution in [0.5, 0.6) is 0 Å². The number of pyridine rings is 1. The molecule has 1 unspecified atom stereocenters. The minimum atomic E-state index is -0.112. The van der Waals surface area contributed by atoms with Crippen LogP contribution in [0.4, 0.5) is 0 Å². The maximum atomic E-state index is 6.21. The van der Waals surface area contributed by atoms with Gasteiger partial charge < -0.3 is 15.6 Å². The molecular formula is C18H18Cl2N6O. The summed E-state index contributed by atoms with van der Waals surface area (Å²) in [5, 5.41) is 8.19. The third-order valence-corrected chi connectivity index (χ3v) is 4.33. The minimum absolute atomic E-state index is 0.112. The minimum Gasteiger partial charge on any atom is -0.370 e. The predicted molar refractivity (Wildman–Crippen MR) is 106 cm³/mol. The van der Waals surface area contributed by atoms with Gasteiger partial charge in [0.1, 0.15) is 5.69 Å². The first-order valence-corrected chi connectivity index (χ1v) is 9.04. The third kappa shape index (κ3) is 5.18. The number of aromatic nitrogens is 3. The maximum absolute atomic E-state index is 6.21. The number of nitrogens with zero attached hydrogens (tertiary/aromatic N) is 4. The number of rotatable bonds is 6. The van der Waals surface area contributed by atoms with Gasteiger partial charge in [-0.1, -0.05) is 40.5 Å². The number of hydrogen-bond acceptors (Lipinski definition) is 5. The molecule has 2 aromatic heterocycles. The smallest absolute Gasteiger partial charge is 0.276 e. The van der Waals surface area contributed by atoms with Gasteiger partial charge >= 0.3 is 0 Å². The Morgan fingerprint density at radius 1 is 1.30 bits per heavy atom. The summed E-state index contributed by atoms with van der Waals surface area (Å²) in [4.78, 5) is 12.8. The molecule has 2 heterocycles. The molecule has 7 nitrogen and oxygen atoms in total. The van der Waals surface area contributed by atoms with Crippen LogP contribution in [0.1, 0.15) is 24.4 Å². The summed E-state index contributed by atoms with van der Waals surface area (Å²) in [6, 6.07) is 10.7. The van der Waals surface area contributed by atoms with Gasteiger partial charge in [-0.15, -0.1) is 0 Å². The molecule has 0 fully saturated rings. The fraction of sp³-hybridized carbons (Fsp3) is 0.222. The Morgan fingerprint density at radius 2 is 2.15 bits per heavy atom. The van der Waals surface area contributed by atoms with Crippen LogP contribution >= 0.6 is 23.2 Å². The predicted octanol–water partition coefficient (Wildman–Crippen LogP) is 3.65. The molecule has 1 aromatic carbocycles. The summed E-state index contributed by atoms with van der Waals surface area (Å²) in [6.07, 6.45) is 2.17. The van der Waals surface area contributed by atoms with Gasteiger partial charge in [-0.25, -0.2) is 0 Å². The summed E-state index contributed by atoms with van der Waals surface area (Å²) in [5.74, 6) is 1.23. The molecule has 3 rings (SSSR count). The van der Waals surface area contributed by atoms with Gasteiger partial charge in [0.05, 0.1) is 6.04 Å². The molecule has 27 heavy (non-hydrogen) atoms. The lowest BCUT2D eigenvalue weighted by Crippen LogP contribution is -2.34. The standard InChI is InChI=1S/C18H18Cl2N6O/c1-11(13-6-5-12(19)10-14(13)20)24-18(21)23-9-7-16-25-17(27-26-16)15-4-2-3-8-22-15/h2-6,8,10-11H,7,9H2,1H3,(H3,21,23,24). The first kappa shape index (κ1) is 19.1. The van der Waals surface area contributed by atoms with Crippen LogP contribution in [0, 0.1) is 0 Å². The molecule has 0 aliphatic rings. The Hall–Kier alpha value is -2.64. The van der Waals surface area contributed by atoms with Gasteiger partial charge in [0, 0.05) is 29.2 Å². The van der Waals surface area contributed by atoms with Crippen molar-refractivity contribution in [2.45, 2.75) is 19.4 Å². The highest BCUT2D eigenvalue weighted by Gasteiger charge is 2.11. The van der Waals surface area contributed by atoms with Gasteiger partial charge in [0.15, 0.2) is 11.8 Å². The second-order valence-corrected chi connectivity index (χ2v) is 6.62. The van der Waals surface area contributed by atoms with Gasteiger partial charge in [0.25, 0.3) is 5.89 Å². The van der Waals surface area contributed by atoms with Crippen LogP contribution in [0.15, 0.2) is 52.1 Å². The van der Waals surface area contributed by atoms with E-state index in [1.165, 1.54) is 0 Å². The number of hydrogen-bond donors (Lipinski definition) is 2. The molecule has 0 radical (unpaired) electrons. The second kappa shape index (κ2) is 8.83. The summed E-state index contributed by atoms with van der Waals surface area (Å²) in [7, 11) is 0. The largest absolute Gasteiger partial charge is 0.370 e. The number of nitrogens with one attached hydrogen (secondary N) is 1. The SMILES string of the molecule is CC(NC(N)=NCCc1noc(-c2ccccn2)n1)c1ccc(Cl)cc1Cl. The molecule has 0 aliphatic heterocycles. The van der Waals surface area contributed by atoms with Gasteiger partial charge in [-0.3, -0.25) is 9.98 Å². The molecular weight excluding hydrogens is 387 g/mol. The molecule has 0 saturated carbocycles. The second-order valence-electron chi connectivity index (χ2n) is 5.78. The number of halogens is 2. The lowest BCUT2D eigenvalue weighted by molar-refractivity contribution is 0.421. The monoisotopic (exact) mass is 404 g/mol. The lowest BCUT2D eigenvalue weighted by atomic mass is 10.1. The molecule has 140 valence electrons. The van der Waals surface area contributed by atoms with Crippen LogP contribution in [-0.4, -0.2) is 27.6 Å². The first-order valence-electron chi connectivity index (χ1n) is 8.28. The molecule has 3 aromatic rings. The van der Waals surface area contributed by atoms with Crippen molar-refractivity contribution in [3.8, 4) is 11.6 Å². The Morgan fingerprint density at radius 3 is 2.89 bits per heavy atom. The van der Waals surface area contributed by atoms with E-state index in [2.05, 4.69) is 25.4 Å². The highest BCUT2D eigenvalue weighted by molar-refractivity contribution is 6.35. The van der Waals surface area contributed by atoms with Crippen LogP contribution in [0.25, 0.3) is 11.6 Å². The van der Waals surface area contributed by atoms with E-state index >= 15 is 0 Å². The number of aliphatic imine (C=N–C) groups is 1. The molecule has 0 bridgehead atoms. The van der Waals surface area contributed by atoms with Gasteiger partial charge in [0.2, 0.25) is 0 Å². The average molecular weight is 405 g/mol. The highest BCUT2D eigenvalue weighted by Crippen LogP contribution is 2.25. The van der Waals surface area contributed by atoms with E-state index in [1.807, 2.05) is 25.1 Å². The summed E-state index contributed by atoms with van der Waals surface area (Å²) in [6.45, 7) is 2.36. The molecule has 0 spiro atoms. The Kier molecular flexibility index (Phi) is 6.26. The van der Waals surface area contributed by atoms with Crippen LogP contribution in [-0.2, 0) is 6.42 Å². The van der Waals surface area contributed by atoms with Crippen molar-refractivity contribution in [1.82, 2.24) is 20.4 Å². The zero-order valence-corrected chi connectivity index (χ0v) is 16.1. The number of guanidine groups is 1. The van der Waals surface area contributed by atoms with Crippen molar-refractivity contribution in [3.05, 3.63) is 64.0 Å². The van der Waals surface area contributed by atoms with E-state index in [-0.39, 0.29) is 6.04 Å². The lowest BCUT2D eigenvalue weighted by Gasteiger charge is -2.16. The van der Waals surface area contributed by atoms with Crippen molar-refractivity contribution in [2.75, 3.05) is 6.54 Å². The van der Waals surface area contributed by atoms with E-state index in [1.54, 1.807) is 24.4 Å². The topological polar surface area (TPSA) is 102 Å². The van der Waals surface area contributed by atoms with E-state index in [4.69, 9.17) is 33.5 Å². The molecule has 9 heteroatoms. The van der Waals surface area contributed by atoms with Crippen molar-refractivity contribution in [2.24, 2.45) is 10.7 Å². The van der Waals surface area contributed by atoms with Crippen LogP contribution in [0.2, 0.25) is 10.0 Å². The summed E-state index contributed by atoms with van der Waals surface area (Å²) >= 11 is 12.1. The number of nitrogens with two attached hydrogens (primary N) is 1. The van der Waals surface area contributed by atoms with Gasteiger partial charge in [-0.05, 0) is 36.8 Å². The summed E-state index contributed by atoms with van der Waals surface area (Å²) < 4.78 is 5.21. The zero-order chi connectivity index (χ0) is 19.2. The Balaban J connectivity index is 1.54. The Bertz CT molecular complexity index is 929. The third-order valence-electron chi connectivity index (χ3n) is 3.76. The van der Waals surface area contributed by atoms with Crippen molar-refractivity contribution in [3.63, 3.8) is 0 Å². The fourth-order valence-electron chi connectivity index (χ4n) is 2.42. The van der Waals surface area contributed by atoms with Crippen molar-refractivity contribution < 1.29 is 4.52 Å². The summed E-state index contributed by atoms with van der Waals surface area (Å²) in [5.41, 5.74) is 7.47. The van der Waals surface area contributed by atoms with E-state index < -0.39 is 0 Å². The Labute approximate surface area is 166 Å². The van der Waals surface area contributed by atoms with Crippen LogP contribution < -0.4 is 11.1 Å². The molecule has 0 amide bonds. The molecule has 1 atom stereocenters. The fourth-order valence-corrected chi connectivity index (χ4v) is 3.00. The number of benzene rings is 1.